The summed E-state index contributed by atoms with van der Waals surface area (Å²) in [5, 5.41) is 2.70. The second kappa shape index (κ2) is 8.62. The maximum atomic E-state index is 12.9. The molecule has 0 aliphatic carbocycles. The van der Waals surface area contributed by atoms with Crippen molar-refractivity contribution in [3.63, 3.8) is 0 Å². The monoisotopic (exact) mass is 399 g/mol. The fourth-order valence-electron chi connectivity index (χ4n) is 3.12. The molecule has 154 valence electrons. The lowest BCUT2D eigenvalue weighted by molar-refractivity contribution is -0.139. The first-order chi connectivity index (χ1) is 13.0. The Labute approximate surface area is 161 Å². The summed E-state index contributed by atoms with van der Waals surface area (Å²) >= 11 is 0. The smallest absolute Gasteiger partial charge is 0.352 e. The van der Waals surface area contributed by atoms with Crippen molar-refractivity contribution in [1.82, 2.24) is 10.2 Å². The maximum Gasteiger partial charge on any atom is 0.416 e. The summed E-state index contributed by atoms with van der Waals surface area (Å²) in [7, 11) is 0. The van der Waals surface area contributed by atoms with Crippen molar-refractivity contribution >= 4 is 23.4 Å². The highest BCUT2D eigenvalue weighted by atomic mass is 19.4. The molecule has 1 aromatic rings. The Kier molecular flexibility index (Phi) is 6.69. The van der Waals surface area contributed by atoms with Crippen molar-refractivity contribution in [2.45, 2.75) is 39.4 Å². The molecule has 0 spiro atoms. The maximum absolute atomic E-state index is 12.9. The predicted molar refractivity (Wildman–Crippen MR) is 97.4 cm³/mol. The lowest BCUT2D eigenvalue weighted by Gasteiger charge is -2.24. The van der Waals surface area contributed by atoms with Gasteiger partial charge in [0.2, 0.25) is 17.7 Å². The second-order valence-electron chi connectivity index (χ2n) is 7.03. The van der Waals surface area contributed by atoms with E-state index in [2.05, 4.69) is 5.32 Å². The molecule has 28 heavy (non-hydrogen) atoms. The van der Waals surface area contributed by atoms with E-state index in [1.54, 1.807) is 20.8 Å². The number of hydrogen-bond donors (Lipinski definition) is 1. The zero-order chi connectivity index (χ0) is 21.1. The Hall–Kier alpha value is -2.58. The van der Waals surface area contributed by atoms with Crippen LogP contribution in [0.4, 0.5) is 18.9 Å². The van der Waals surface area contributed by atoms with Crippen LogP contribution in [0.1, 0.15) is 32.8 Å². The fraction of sp³-hybridized carbons (Fsp3) is 0.526. The van der Waals surface area contributed by atoms with E-state index in [1.807, 2.05) is 0 Å². The normalized spacial score (nSPS) is 17.2. The molecule has 1 N–H and O–H groups in total. The Morgan fingerprint density at radius 3 is 2.57 bits per heavy atom. The number of anilines is 1. The molecule has 1 atom stereocenters. The number of likely N-dealkylation sites (N-methyl/N-ethyl adjacent to an activating group) is 1. The van der Waals surface area contributed by atoms with Crippen LogP contribution in [-0.2, 0) is 20.6 Å². The van der Waals surface area contributed by atoms with Crippen molar-refractivity contribution < 1.29 is 27.6 Å². The Balaban J connectivity index is 2.11. The minimum Gasteiger partial charge on any atom is -0.352 e. The van der Waals surface area contributed by atoms with E-state index in [0.29, 0.717) is 6.54 Å². The first kappa shape index (κ1) is 21.7. The van der Waals surface area contributed by atoms with Crippen molar-refractivity contribution in [2.75, 3.05) is 24.5 Å². The molecule has 1 unspecified atom stereocenters. The number of carbonyl (C=O) groups excluding carboxylic acids is 3. The van der Waals surface area contributed by atoms with Gasteiger partial charge in [-0.25, -0.2) is 0 Å². The van der Waals surface area contributed by atoms with E-state index in [9.17, 15) is 27.6 Å². The van der Waals surface area contributed by atoms with Gasteiger partial charge in [-0.1, -0.05) is 6.07 Å². The van der Waals surface area contributed by atoms with E-state index < -0.39 is 23.6 Å². The van der Waals surface area contributed by atoms with Crippen molar-refractivity contribution in [3.05, 3.63) is 29.8 Å². The molecule has 6 nitrogen and oxygen atoms in total. The number of nitrogens with zero attached hydrogens (tertiary/aromatic N) is 2. The van der Waals surface area contributed by atoms with Gasteiger partial charge in [0.15, 0.2) is 0 Å². The molecule has 0 radical (unpaired) electrons. The molecule has 1 heterocycles. The van der Waals surface area contributed by atoms with E-state index in [0.717, 1.165) is 12.1 Å². The van der Waals surface area contributed by atoms with Gasteiger partial charge in [-0.3, -0.25) is 14.4 Å². The molecule has 0 aromatic heterocycles. The molecule has 0 bridgehead atoms. The van der Waals surface area contributed by atoms with Crippen LogP contribution in [-0.4, -0.2) is 48.3 Å². The van der Waals surface area contributed by atoms with Gasteiger partial charge in [-0.2, -0.15) is 13.2 Å². The highest BCUT2D eigenvalue weighted by Crippen LogP contribution is 2.33. The van der Waals surface area contributed by atoms with Crippen LogP contribution >= 0.6 is 0 Å². The molecule has 1 fully saturated rings. The Morgan fingerprint density at radius 2 is 2.00 bits per heavy atom. The minimum atomic E-state index is -4.52. The summed E-state index contributed by atoms with van der Waals surface area (Å²) in [6.45, 7) is 5.49. The zero-order valence-corrected chi connectivity index (χ0v) is 16.0. The highest BCUT2D eigenvalue weighted by Gasteiger charge is 2.38. The minimum absolute atomic E-state index is 0.0126. The lowest BCUT2D eigenvalue weighted by atomic mass is 10.1. The molecular weight excluding hydrogens is 375 g/mol. The van der Waals surface area contributed by atoms with Crippen LogP contribution in [0.3, 0.4) is 0 Å². The van der Waals surface area contributed by atoms with Crippen LogP contribution in [0.15, 0.2) is 24.3 Å². The van der Waals surface area contributed by atoms with E-state index in [-0.39, 0.29) is 43.1 Å². The third kappa shape index (κ3) is 5.24. The predicted octanol–water partition coefficient (Wildman–Crippen LogP) is 2.43. The second-order valence-corrected chi connectivity index (χ2v) is 7.03. The number of halogens is 3. The topological polar surface area (TPSA) is 69.7 Å². The number of alkyl halides is 3. The summed E-state index contributed by atoms with van der Waals surface area (Å²) in [5.74, 6) is -1.78. The van der Waals surface area contributed by atoms with Crippen LogP contribution in [0.5, 0.6) is 0 Å². The number of rotatable bonds is 6. The average Bonchev–Trinajstić information content (AvgIpc) is 2.99. The van der Waals surface area contributed by atoms with Gasteiger partial charge in [0.05, 0.1) is 18.0 Å². The summed E-state index contributed by atoms with van der Waals surface area (Å²) in [5.41, 5.74) is -0.746. The number of carbonyl (C=O) groups is 3. The molecule has 3 amide bonds. The number of hydrogen-bond acceptors (Lipinski definition) is 3. The highest BCUT2D eigenvalue weighted by molar-refractivity contribution is 6.00. The van der Waals surface area contributed by atoms with Crippen LogP contribution in [0, 0.1) is 5.92 Å². The van der Waals surface area contributed by atoms with Gasteiger partial charge in [0.1, 0.15) is 0 Å². The molecule has 2 rings (SSSR count). The lowest BCUT2D eigenvalue weighted by Crippen LogP contribution is -2.45. The quantitative estimate of drug-likeness (QED) is 0.799. The van der Waals surface area contributed by atoms with Crippen LogP contribution in [0.2, 0.25) is 0 Å². The molecule has 1 saturated heterocycles. The Morgan fingerprint density at radius 1 is 1.32 bits per heavy atom. The largest absolute Gasteiger partial charge is 0.416 e. The van der Waals surface area contributed by atoms with Gasteiger partial charge >= 0.3 is 6.18 Å². The standard InChI is InChI=1S/C19H24F3N3O3/c1-4-24(11-16(26)23-12(2)3)18(28)13-8-17(27)25(10-13)15-7-5-6-14(9-15)19(20,21)22/h5-7,9,12-13H,4,8,10-11H2,1-3H3,(H,23,26). The third-order valence-electron chi connectivity index (χ3n) is 4.44. The molecule has 9 heteroatoms. The first-order valence-corrected chi connectivity index (χ1v) is 9.08. The summed E-state index contributed by atoms with van der Waals surface area (Å²) in [6.07, 6.45) is -4.62. The number of benzene rings is 1. The van der Waals surface area contributed by atoms with Crippen LogP contribution < -0.4 is 10.2 Å². The summed E-state index contributed by atoms with van der Waals surface area (Å²) < 4.78 is 38.8. The van der Waals surface area contributed by atoms with Crippen molar-refractivity contribution in [1.29, 1.82) is 0 Å². The van der Waals surface area contributed by atoms with Gasteiger partial charge in [0.25, 0.3) is 0 Å². The third-order valence-corrected chi connectivity index (χ3v) is 4.44. The van der Waals surface area contributed by atoms with Crippen molar-refractivity contribution in [3.8, 4) is 0 Å². The van der Waals surface area contributed by atoms with Crippen molar-refractivity contribution in [2.24, 2.45) is 5.92 Å². The molecule has 1 aromatic carbocycles. The summed E-state index contributed by atoms with van der Waals surface area (Å²) in [4.78, 5) is 39.5. The Bertz CT molecular complexity index is 749. The average molecular weight is 399 g/mol. The van der Waals surface area contributed by atoms with Gasteiger partial charge in [0, 0.05) is 31.2 Å². The first-order valence-electron chi connectivity index (χ1n) is 9.08. The zero-order valence-electron chi connectivity index (χ0n) is 16.0. The fourth-order valence-corrected chi connectivity index (χ4v) is 3.12. The van der Waals surface area contributed by atoms with Gasteiger partial charge < -0.3 is 15.1 Å². The molecule has 1 aliphatic rings. The van der Waals surface area contributed by atoms with Gasteiger partial charge in [-0.05, 0) is 39.0 Å². The van der Waals surface area contributed by atoms with Crippen LogP contribution in [0.25, 0.3) is 0 Å². The number of nitrogens with one attached hydrogen (secondary N) is 1. The number of amides is 3. The SMILES string of the molecule is CCN(CC(=O)NC(C)C)C(=O)C1CC(=O)N(c2cccc(C(F)(F)F)c2)C1. The van der Waals surface area contributed by atoms with E-state index >= 15 is 0 Å². The summed E-state index contributed by atoms with van der Waals surface area (Å²) in [6, 6.07) is 4.41. The van der Waals surface area contributed by atoms with E-state index in [4.69, 9.17) is 0 Å². The van der Waals surface area contributed by atoms with Gasteiger partial charge in [-0.15, -0.1) is 0 Å². The van der Waals surface area contributed by atoms with E-state index in [1.165, 1.54) is 21.9 Å². The molecule has 1 aliphatic heterocycles. The molecular formula is C19H24F3N3O3. The molecule has 0 saturated carbocycles.